The smallest absolute Gasteiger partial charge is 0.120 e. The highest BCUT2D eigenvalue weighted by Gasteiger charge is 2.35. The van der Waals surface area contributed by atoms with Crippen molar-refractivity contribution in [3.63, 3.8) is 0 Å². The SMILES string of the molecule is CCCCC1(CC)CSc2cc(OC(C)C)ccc2C(c2ccccc2)N1. The van der Waals surface area contributed by atoms with E-state index in [-0.39, 0.29) is 17.7 Å². The van der Waals surface area contributed by atoms with Crippen molar-refractivity contribution < 1.29 is 4.74 Å². The zero-order chi connectivity index (χ0) is 19.3. The van der Waals surface area contributed by atoms with Gasteiger partial charge < -0.3 is 4.74 Å². The first kappa shape index (κ1) is 20.3. The van der Waals surface area contributed by atoms with E-state index in [9.17, 15) is 0 Å². The molecule has 0 aromatic heterocycles. The zero-order valence-corrected chi connectivity index (χ0v) is 17.9. The topological polar surface area (TPSA) is 21.3 Å². The van der Waals surface area contributed by atoms with Crippen LogP contribution in [0.4, 0.5) is 0 Å². The summed E-state index contributed by atoms with van der Waals surface area (Å²) in [4.78, 5) is 1.35. The number of rotatable bonds is 7. The second-order valence-corrected chi connectivity index (χ2v) is 8.90. The lowest BCUT2D eigenvalue weighted by Crippen LogP contribution is -2.48. The second-order valence-electron chi connectivity index (χ2n) is 7.88. The highest BCUT2D eigenvalue weighted by atomic mass is 32.2. The van der Waals surface area contributed by atoms with Crippen LogP contribution in [0.25, 0.3) is 0 Å². The van der Waals surface area contributed by atoms with E-state index in [0.29, 0.717) is 0 Å². The van der Waals surface area contributed by atoms with Gasteiger partial charge in [-0.1, -0.05) is 63.1 Å². The van der Waals surface area contributed by atoms with E-state index in [0.717, 1.165) is 17.9 Å². The third-order valence-electron chi connectivity index (χ3n) is 5.44. The molecule has 1 aliphatic heterocycles. The molecule has 1 heterocycles. The molecule has 2 aromatic carbocycles. The Kier molecular flexibility index (Phi) is 6.88. The van der Waals surface area contributed by atoms with Gasteiger partial charge in [-0.25, -0.2) is 0 Å². The molecule has 3 rings (SSSR count). The number of unbranched alkanes of at least 4 members (excludes halogenated alkanes) is 1. The average molecular weight is 384 g/mol. The quantitative estimate of drug-likeness (QED) is 0.582. The molecule has 2 nitrogen and oxygen atoms in total. The molecular formula is C24H33NOS. The van der Waals surface area contributed by atoms with Gasteiger partial charge in [-0.3, -0.25) is 5.32 Å². The van der Waals surface area contributed by atoms with Crippen LogP contribution in [0.2, 0.25) is 0 Å². The summed E-state index contributed by atoms with van der Waals surface area (Å²) in [6.07, 6.45) is 5.07. The molecule has 0 bridgehead atoms. The van der Waals surface area contributed by atoms with Crippen LogP contribution in [0.15, 0.2) is 53.4 Å². The van der Waals surface area contributed by atoms with Crippen LogP contribution in [0, 0.1) is 0 Å². The van der Waals surface area contributed by atoms with Gasteiger partial charge >= 0.3 is 0 Å². The van der Waals surface area contributed by atoms with E-state index in [2.05, 4.69) is 81.5 Å². The summed E-state index contributed by atoms with van der Waals surface area (Å²) >= 11 is 1.99. The molecule has 0 aliphatic carbocycles. The first-order valence-electron chi connectivity index (χ1n) is 10.3. The van der Waals surface area contributed by atoms with Crippen LogP contribution >= 0.6 is 11.8 Å². The first-order valence-corrected chi connectivity index (χ1v) is 11.3. The molecule has 0 radical (unpaired) electrons. The predicted octanol–water partition coefficient (Wildman–Crippen LogP) is 6.60. The van der Waals surface area contributed by atoms with Crippen LogP contribution in [-0.4, -0.2) is 17.4 Å². The van der Waals surface area contributed by atoms with E-state index in [1.165, 1.54) is 35.3 Å². The Morgan fingerprint density at radius 2 is 1.93 bits per heavy atom. The molecule has 146 valence electrons. The fourth-order valence-corrected chi connectivity index (χ4v) is 5.23. The summed E-state index contributed by atoms with van der Waals surface area (Å²) in [7, 11) is 0. The number of nitrogens with one attached hydrogen (secondary N) is 1. The van der Waals surface area contributed by atoms with E-state index >= 15 is 0 Å². The van der Waals surface area contributed by atoms with Crippen molar-refractivity contribution in [2.24, 2.45) is 0 Å². The third kappa shape index (κ3) is 4.89. The summed E-state index contributed by atoms with van der Waals surface area (Å²) < 4.78 is 5.97. The third-order valence-corrected chi connectivity index (χ3v) is 6.80. The molecule has 2 aromatic rings. The zero-order valence-electron chi connectivity index (χ0n) is 17.1. The standard InChI is InChI=1S/C24H33NOS/c1-5-7-15-24(6-2)17-27-22-16-20(26-18(3)4)13-14-21(22)23(25-24)19-11-9-8-10-12-19/h8-14,16,18,23,25H,5-7,15,17H2,1-4H3. The first-order chi connectivity index (χ1) is 13.1. The molecule has 0 spiro atoms. The monoisotopic (exact) mass is 383 g/mol. The number of ether oxygens (including phenoxy) is 1. The van der Waals surface area contributed by atoms with Crippen LogP contribution < -0.4 is 10.1 Å². The van der Waals surface area contributed by atoms with Crippen molar-refractivity contribution in [2.45, 2.75) is 76.0 Å². The largest absolute Gasteiger partial charge is 0.491 e. The molecule has 2 unspecified atom stereocenters. The Hall–Kier alpha value is -1.45. The fourth-order valence-electron chi connectivity index (χ4n) is 3.81. The summed E-state index contributed by atoms with van der Waals surface area (Å²) in [5.74, 6) is 2.07. The van der Waals surface area contributed by atoms with Crippen molar-refractivity contribution in [2.75, 3.05) is 5.75 Å². The minimum Gasteiger partial charge on any atom is -0.491 e. The molecule has 0 saturated carbocycles. The average Bonchev–Trinajstić information content (AvgIpc) is 2.84. The summed E-state index contributed by atoms with van der Waals surface area (Å²) in [5.41, 5.74) is 2.88. The lowest BCUT2D eigenvalue weighted by Gasteiger charge is -2.36. The molecule has 27 heavy (non-hydrogen) atoms. The minimum absolute atomic E-state index is 0.166. The number of thioether (sulfide) groups is 1. The number of benzene rings is 2. The van der Waals surface area contributed by atoms with Gasteiger partial charge in [0, 0.05) is 16.2 Å². The van der Waals surface area contributed by atoms with Crippen LogP contribution in [-0.2, 0) is 0 Å². The number of hydrogen-bond donors (Lipinski definition) is 1. The van der Waals surface area contributed by atoms with Crippen LogP contribution in [0.3, 0.4) is 0 Å². The molecule has 1 aliphatic rings. The van der Waals surface area contributed by atoms with Gasteiger partial charge in [0.15, 0.2) is 0 Å². The molecular weight excluding hydrogens is 350 g/mol. The van der Waals surface area contributed by atoms with Gasteiger partial charge in [0.25, 0.3) is 0 Å². The maximum absolute atomic E-state index is 5.97. The maximum atomic E-state index is 5.97. The Balaban J connectivity index is 2.01. The highest BCUT2D eigenvalue weighted by Crippen LogP contribution is 2.42. The lowest BCUT2D eigenvalue weighted by atomic mass is 9.88. The van der Waals surface area contributed by atoms with Crippen molar-refractivity contribution in [1.29, 1.82) is 0 Å². The van der Waals surface area contributed by atoms with Gasteiger partial charge in [-0.15, -0.1) is 11.8 Å². The van der Waals surface area contributed by atoms with Crippen molar-refractivity contribution >= 4 is 11.8 Å². The summed E-state index contributed by atoms with van der Waals surface area (Å²) in [5, 5.41) is 4.09. The van der Waals surface area contributed by atoms with E-state index < -0.39 is 0 Å². The van der Waals surface area contributed by atoms with E-state index in [1.54, 1.807) is 0 Å². The van der Waals surface area contributed by atoms with E-state index in [4.69, 9.17) is 4.74 Å². The van der Waals surface area contributed by atoms with Gasteiger partial charge in [-0.2, -0.15) is 0 Å². The normalized spacial score (nSPS) is 22.3. The van der Waals surface area contributed by atoms with Crippen LogP contribution in [0.1, 0.15) is 70.5 Å². The molecule has 0 amide bonds. The molecule has 1 N–H and O–H groups in total. The van der Waals surface area contributed by atoms with Gasteiger partial charge in [0.2, 0.25) is 0 Å². The minimum atomic E-state index is 0.166. The molecule has 0 saturated heterocycles. The second kappa shape index (κ2) is 9.16. The Bertz CT molecular complexity index is 730. The molecule has 3 heteroatoms. The molecule has 2 atom stereocenters. The number of hydrogen-bond acceptors (Lipinski definition) is 3. The van der Waals surface area contributed by atoms with Gasteiger partial charge in [-0.05, 0) is 49.9 Å². The predicted molar refractivity (Wildman–Crippen MR) is 117 cm³/mol. The Morgan fingerprint density at radius 3 is 2.59 bits per heavy atom. The van der Waals surface area contributed by atoms with Crippen LogP contribution in [0.5, 0.6) is 5.75 Å². The maximum Gasteiger partial charge on any atom is 0.120 e. The Morgan fingerprint density at radius 1 is 1.15 bits per heavy atom. The summed E-state index contributed by atoms with van der Waals surface area (Å²) in [6, 6.07) is 17.7. The lowest BCUT2D eigenvalue weighted by molar-refractivity contribution is 0.241. The Labute approximate surface area is 169 Å². The summed E-state index contributed by atoms with van der Waals surface area (Å²) in [6.45, 7) is 8.78. The number of fused-ring (bicyclic) bond motifs is 1. The highest BCUT2D eigenvalue weighted by molar-refractivity contribution is 7.99. The fraction of sp³-hybridized carbons (Fsp3) is 0.500. The van der Waals surface area contributed by atoms with E-state index in [1.807, 2.05) is 11.8 Å². The van der Waals surface area contributed by atoms with Crippen molar-refractivity contribution in [1.82, 2.24) is 5.32 Å². The van der Waals surface area contributed by atoms with Crippen molar-refractivity contribution in [3.05, 3.63) is 59.7 Å². The van der Waals surface area contributed by atoms with Crippen molar-refractivity contribution in [3.8, 4) is 5.75 Å². The molecule has 0 fully saturated rings. The van der Waals surface area contributed by atoms with Gasteiger partial charge in [0.05, 0.1) is 12.1 Å². The van der Waals surface area contributed by atoms with Gasteiger partial charge in [0.1, 0.15) is 5.75 Å².